The molecule has 2 aromatic rings. The zero-order chi connectivity index (χ0) is 11.8. The Morgan fingerprint density at radius 1 is 1.35 bits per heavy atom. The Balaban J connectivity index is 2.16. The van der Waals surface area contributed by atoms with Gasteiger partial charge in [-0.1, -0.05) is 53.4 Å². The molecule has 0 aliphatic carbocycles. The van der Waals surface area contributed by atoms with Gasteiger partial charge in [-0.3, -0.25) is 0 Å². The summed E-state index contributed by atoms with van der Waals surface area (Å²) in [5, 5.41) is 2.94. The Morgan fingerprint density at radius 3 is 2.82 bits per heavy atom. The van der Waals surface area contributed by atoms with E-state index in [1.54, 1.807) is 23.1 Å². The minimum atomic E-state index is 0.0697. The van der Waals surface area contributed by atoms with Gasteiger partial charge in [0.1, 0.15) is 4.88 Å². The zero-order valence-electron chi connectivity index (χ0n) is 9.27. The number of fused-ring (bicyclic) bond motifs is 1. The van der Waals surface area contributed by atoms with Crippen LogP contribution in [0.5, 0.6) is 0 Å². The molecule has 1 amide bonds. The largest absolute Gasteiger partial charge is 0.349 e. The van der Waals surface area contributed by atoms with Gasteiger partial charge >= 0.3 is 11.7 Å². The number of thiazole rings is 1. The Hall–Kier alpha value is -1.33. The van der Waals surface area contributed by atoms with Crippen molar-refractivity contribution in [2.45, 2.75) is 10.9 Å². The van der Waals surface area contributed by atoms with Crippen molar-refractivity contribution in [3.8, 4) is 10.4 Å². The first kappa shape index (κ1) is 10.8. The molecule has 3 nitrogen and oxygen atoms in total. The summed E-state index contributed by atoms with van der Waals surface area (Å²) < 4.78 is 3.22. The molecule has 0 atom stereocenters. The lowest BCUT2D eigenvalue weighted by Gasteiger charge is -1.94. The fourth-order valence-corrected chi connectivity index (χ4v) is 3.84. The molecule has 2 heterocycles. The molecule has 0 radical (unpaired) electrons. The molecular weight excluding hydrogens is 252 g/mol. The number of rotatable bonds is 2. The van der Waals surface area contributed by atoms with Crippen LogP contribution in [0.1, 0.15) is 0 Å². The van der Waals surface area contributed by atoms with Crippen LogP contribution < -0.4 is 9.88 Å². The van der Waals surface area contributed by atoms with Crippen LogP contribution in [0.25, 0.3) is 10.4 Å². The van der Waals surface area contributed by atoms with E-state index in [9.17, 15) is 4.79 Å². The monoisotopic (exact) mass is 263 g/mol. The molecule has 0 saturated heterocycles. The number of hydrogen-bond acceptors (Lipinski definition) is 3. The van der Waals surface area contributed by atoms with E-state index >= 15 is 0 Å². The van der Waals surface area contributed by atoms with E-state index < -0.39 is 0 Å². The van der Waals surface area contributed by atoms with Crippen LogP contribution in [0.3, 0.4) is 0 Å². The summed E-state index contributed by atoms with van der Waals surface area (Å²) in [5.74, 6) is 1.01. The van der Waals surface area contributed by atoms with E-state index in [0.717, 1.165) is 20.6 Å². The van der Waals surface area contributed by atoms with Gasteiger partial charge in [-0.05, 0) is 6.26 Å². The smallest absolute Gasteiger partial charge is 0.242 e. The van der Waals surface area contributed by atoms with E-state index in [2.05, 4.69) is 22.0 Å². The molecule has 1 N–H and O–H groups in total. The number of nitrogens with zero attached hydrogens (tertiary/aromatic N) is 1. The van der Waals surface area contributed by atoms with Crippen molar-refractivity contribution in [2.24, 2.45) is 0 Å². The quantitative estimate of drug-likeness (QED) is 0.666. The van der Waals surface area contributed by atoms with Gasteiger partial charge in [0, 0.05) is 5.56 Å². The summed E-state index contributed by atoms with van der Waals surface area (Å²) in [5.41, 5.74) is 1.16. The van der Waals surface area contributed by atoms with Gasteiger partial charge in [0.2, 0.25) is 4.34 Å². The molecule has 86 valence electrons. The molecule has 3 rings (SSSR count). The number of hydrogen-bond donors (Lipinski definition) is 1. The van der Waals surface area contributed by atoms with Gasteiger partial charge in [-0.15, -0.1) is 0 Å². The second-order valence-electron chi connectivity index (χ2n) is 3.75. The maximum atomic E-state index is 11.5. The predicted molar refractivity (Wildman–Crippen MR) is 70.4 cm³/mol. The molecule has 0 fully saturated rings. The fourth-order valence-electron chi connectivity index (χ4n) is 1.92. The minimum Gasteiger partial charge on any atom is -0.242 e. The second-order valence-corrected chi connectivity index (χ2v) is 5.80. The normalized spacial score (nSPS) is 13.6. The highest BCUT2D eigenvalue weighted by atomic mass is 32.2. The number of carbonyl (C=O) groups excluding carboxylic acids is 1. The van der Waals surface area contributed by atoms with E-state index in [1.807, 2.05) is 24.5 Å². The van der Waals surface area contributed by atoms with Gasteiger partial charge in [-0.25, -0.2) is 10.1 Å². The Kier molecular flexibility index (Phi) is 2.64. The molecule has 0 unspecified atom stereocenters. The molecule has 1 aromatic carbocycles. The average Bonchev–Trinajstić information content (AvgIpc) is 2.87. The van der Waals surface area contributed by atoms with Crippen LogP contribution in [-0.4, -0.2) is 12.2 Å². The third kappa shape index (κ3) is 1.75. The highest BCUT2D eigenvalue weighted by Crippen LogP contribution is 2.37. The first-order chi connectivity index (χ1) is 8.29. The minimum absolute atomic E-state index is 0.0697. The molecule has 1 aliphatic heterocycles. The lowest BCUT2D eigenvalue weighted by atomic mass is 10.2. The lowest BCUT2D eigenvalue weighted by Crippen LogP contribution is -2.31. The number of carbonyl (C=O) groups is 1. The predicted octanol–water partition coefficient (Wildman–Crippen LogP) is 2.38. The first-order valence-corrected chi connectivity index (χ1v) is 7.29. The second kappa shape index (κ2) is 4.16. The number of nitrogens with one attached hydrogen (secondary N) is 1. The first-order valence-electron chi connectivity index (χ1n) is 5.25. The lowest BCUT2D eigenvalue weighted by molar-refractivity contribution is -0.694. The summed E-state index contributed by atoms with van der Waals surface area (Å²) in [6.45, 7) is 0.439. The summed E-state index contributed by atoms with van der Waals surface area (Å²) in [7, 11) is 0. The van der Waals surface area contributed by atoms with Crippen molar-refractivity contribution in [2.75, 3.05) is 11.6 Å². The summed E-state index contributed by atoms with van der Waals surface area (Å²) >= 11 is 3.41. The van der Waals surface area contributed by atoms with Gasteiger partial charge in [-0.2, -0.15) is 4.57 Å². The molecule has 0 spiro atoms. The van der Waals surface area contributed by atoms with E-state index in [4.69, 9.17) is 0 Å². The van der Waals surface area contributed by atoms with Crippen molar-refractivity contribution < 1.29 is 9.36 Å². The Morgan fingerprint density at radius 2 is 2.12 bits per heavy atom. The van der Waals surface area contributed by atoms with Crippen LogP contribution in [-0.2, 0) is 11.3 Å². The fraction of sp³-hybridized carbons (Fsp3) is 0.167. The topological polar surface area (TPSA) is 33.0 Å². The summed E-state index contributed by atoms with van der Waals surface area (Å²) in [6, 6.07) is 10.2. The van der Waals surface area contributed by atoms with Crippen molar-refractivity contribution >= 4 is 34.8 Å². The van der Waals surface area contributed by atoms with Crippen LogP contribution in [0.4, 0.5) is 5.82 Å². The Labute approximate surface area is 107 Å². The van der Waals surface area contributed by atoms with Gasteiger partial charge in [0.15, 0.2) is 6.54 Å². The van der Waals surface area contributed by atoms with Crippen LogP contribution in [0.15, 0.2) is 34.7 Å². The number of benzene rings is 1. The number of aromatic nitrogens is 1. The van der Waals surface area contributed by atoms with Crippen molar-refractivity contribution in [3.05, 3.63) is 30.3 Å². The van der Waals surface area contributed by atoms with Gasteiger partial charge < -0.3 is 0 Å². The zero-order valence-corrected chi connectivity index (χ0v) is 10.9. The van der Waals surface area contributed by atoms with E-state index in [0.29, 0.717) is 6.54 Å². The van der Waals surface area contributed by atoms with Gasteiger partial charge in [0.05, 0.1) is 0 Å². The van der Waals surface area contributed by atoms with E-state index in [1.165, 1.54) is 0 Å². The number of amides is 1. The van der Waals surface area contributed by atoms with Crippen molar-refractivity contribution in [1.82, 2.24) is 0 Å². The van der Waals surface area contributed by atoms with Crippen LogP contribution >= 0.6 is 23.1 Å². The van der Waals surface area contributed by atoms with E-state index in [-0.39, 0.29) is 5.91 Å². The number of anilines is 1. The maximum Gasteiger partial charge on any atom is 0.349 e. The van der Waals surface area contributed by atoms with Crippen molar-refractivity contribution in [3.63, 3.8) is 0 Å². The van der Waals surface area contributed by atoms with Crippen LogP contribution in [0, 0.1) is 0 Å². The molecule has 1 aliphatic rings. The molecule has 5 heteroatoms. The molecule has 0 bridgehead atoms. The van der Waals surface area contributed by atoms with Crippen molar-refractivity contribution in [1.29, 1.82) is 0 Å². The third-order valence-electron chi connectivity index (χ3n) is 2.66. The maximum absolute atomic E-state index is 11.5. The highest BCUT2D eigenvalue weighted by molar-refractivity contribution is 8.00. The average molecular weight is 263 g/mol. The van der Waals surface area contributed by atoms with Gasteiger partial charge in [0.25, 0.3) is 0 Å². The molecular formula is C12H11N2OS2+. The molecule has 0 saturated carbocycles. The highest BCUT2D eigenvalue weighted by Gasteiger charge is 2.34. The third-order valence-corrected chi connectivity index (χ3v) is 5.01. The molecule has 17 heavy (non-hydrogen) atoms. The van der Waals surface area contributed by atoms with Crippen LogP contribution in [0.2, 0.25) is 0 Å². The summed E-state index contributed by atoms with van der Waals surface area (Å²) in [6.07, 6.45) is 2.04. The summed E-state index contributed by atoms with van der Waals surface area (Å²) in [4.78, 5) is 12.6. The SMILES string of the molecule is CSc1sc(-c2ccccc2)c2[n+]1CC(=O)N2. The number of thioether (sulfide) groups is 1. The molecule has 1 aromatic heterocycles. The standard InChI is InChI=1S/C12H10N2OS2/c1-16-12-14-7-9(15)13-11(14)10(17-12)8-5-3-2-4-6-8/h2-6H,7H2,1H3/p+1. The Bertz CT molecular complexity index is 578.